The largest absolute Gasteiger partial charge is 0.428 e. The van der Waals surface area contributed by atoms with Crippen molar-refractivity contribution in [3.63, 3.8) is 0 Å². The van der Waals surface area contributed by atoms with Gasteiger partial charge in [0.05, 0.1) is 5.57 Å². The molecule has 0 spiro atoms. The first-order valence-corrected chi connectivity index (χ1v) is 7.46. The topological polar surface area (TPSA) is 55.4 Å². The van der Waals surface area contributed by atoms with E-state index in [0.29, 0.717) is 0 Å². The first-order valence-electron chi connectivity index (χ1n) is 7.46. The normalized spacial score (nSPS) is 26.2. The van der Waals surface area contributed by atoms with E-state index in [4.69, 9.17) is 4.74 Å². The van der Waals surface area contributed by atoms with Crippen LogP contribution in [0.25, 0.3) is 0 Å². The van der Waals surface area contributed by atoms with Crippen molar-refractivity contribution in [1.82, 2.24) is 0 Å². The summed E-state index contributed by atoms with van der Waals surface area (Å²) in [6, 6.07) is 7.51. The summed E-state index contributed by atoms with van der Waals surface area (Å²) >= 11 is 0. The second kappa shape index (κ2) is 5.09. The second-order valence-electron chi connectivity index (χ2n) is 6.87. The average Bonchev–Trinajstić information content (AvgIpc) is 2.71. The molecule has 0 aromatic heterocycles. The Balaban J connectivity index is 2.17. The molecule has 1 aliphatic heterocycles. The lowest BCUT2D eigenvalue weighted by Crippen LogP contribution is -2.59. The van der Waals surface area contributed by atoms with Crippen LogP contribution in [0.4, 0.5) is 18.9 Å². The van der Waals surface area contributed by atoms with Gasteiger partial charge in [-0.15, -0.1) is 0 Å². The third-order valence-corrected chi connectivity index (χ3v) is 4.26. The number of hydrogen-bond donors (Lipinski definition) is 1. The molecule has 0 saturated heterocycles. The molecule has 24 heavy (non-hydrogen) atoms. The minimum atomic E-state index is -5.02. The summed E-state index contributed by atoms with van der Waals surface area (Å²) in [5, 5.41) is 2.22. The summed E-state index contributed by atoms with van der Waals surface area (Å²) in [7, 11) is 0. The zero-order valence-electron chi connectivity index (χ0n) is 13.2. The number of halogens is 3. The van der Waals surface area contributed by atoms with Crippen LogP contribution in [0, 0.1) is 5.41 Å². The Morgan fingerprint density at radius 2 is 1.71 bits per heavy atom. The van der Waals surface area contributed by atoms with Gasteiger partial charge in [-0.25, -0.2) is 4.79 Å². The lowest BCUT2D eigenvalue weighted by atomic mass is 9.72. The van der Waals surface area contributed by atoms with Gasteiger partial charge in [0.25, 0.3) is 5.54 Å². The maximum atomic E-state index is 13.9. The molecular formula is C17H16F3NO3. The fraction of sp³-hybridized carbons (Fsp3) is 0.412. The van der Waals surface area contributed by atoms with Gasteiger partial charge in [0.2, 0.25) is 0 Å². The maximum Gasteiger partial charge on any atom is 0.427 e. The molecule has 1 unspecified atom stereocenters. The number of carbonyl (C=O) groups excluding carboxylic acids is 2. The first-order chi connectivity index (χ1) is 11.1. The van der Waals surface area contributed by atoms with Crippen molar-refractivity contribution in [3.05, 3.63) is 41.7 Å². The summed E-state index contributed by atoms with van der Waals surface area (Å²) in [6.45, 7) is 3.50. The Morgan fingerprint density at radius 3 is 2.29 bits per heavy atom. The van der Waals surface area contributed by atoms with Crippen LogP contribution < -0.4 is 5.32 Å². The Morgan fingerprint density at radius 1 is 1.08 bits per heavy atom. The smallest absolute Gasteiger partial charge is 0.427 e. The Bertz CT molecular complexity index is 737. The van der Waals surface area contributed by atoms with Gasteiger partial charge in [-0.1, -0.05) is 32.0 Å². The molecule has 1 N–H and O–H groups in total. The number of benzene rings is 1. The standard InChI is InChI=1S/C17H16F3NO3/c1-15(2)8-11(22)13-12(9-15)24-14(23)16(13,17(18,19)20)21-10-6-4-3-5-7-10/h3-7,21H,8-9H2,1-2H3. The van der Waals surface area contributed by atoms with Crippen molar-refractivity contribution >= 4 is 17.4 Å². The number of allylic oxidation sites excluding steroid dienone is 1. The van der Waals surface area contributed by atoms with Crippen molar-refractivity contribution in [2.45, 2.75) is 38.4 Å². The first kappa shape index (κ1) is 16.5. The van der Waals surface area contributed by atoms with E-state index < -0.39 is 34.5 Å². The highest BCUT2D eigenvalue weighted by Gasteiger charge is 2.71. The van der Waals surface area contributed by atoms with E-state index in [9.17, 15) is 22.8 Å². The molecule has 2 aliphatic rings. The van der Waals surface area contributed by atoms with Crippen molar-refractivity contribution in [3.8, 4) is 0 Å². The van der Waals surface area contributed by atoms with Crippen LogP contribution in [0.15, 0.2) is 41.7 Å². The number of ether oxygens (including phenoxy) is 1. The van der Waals surface area contributed by atoms with Crippen molar-refractivity contribution < 1.29 is 27.5 Å². The molecule has 1 aromatic rings. The fourth-order valence-corrected chi connectivity index (χ4v) is 3.24. The van der Waals surface area contributed by atoms with Gasteiger partial charge in [0.1, 0.15) is 5.76 Å². The summed E-state index contributed by atoms with van der Waals surface area (Å²) in [6.07, 6.45) is -4.99. The van der Waals surface area contributed by atoms with Crippen LogP contribution in [0.1, 0.15) is 26.7 Å². The van der Waals surface area contributed by atoms with E-state index in [-0.39, 0.29) is 24.3 Å². The highest BCUT2D eigenvalue weighted by atomic mass is 19.4. The van der Waals surface area contributed by atoms with Crippen molar-refractivity contribution in [1.29, 1.82) is 0 Å². The molecule has 1 heterocycles. The van der Waals surface area contributed by atoms with E-state index in [0.717, 1.165) is 0 Å². The number of nitrogens with one attached hydrogen (secondary N) is 1. The minimum Gasteiger partial charge on any atom is -0.428 e. The molecule has 3 rings (SSSR count). The van der Waals surface area contributed by atoms with Crippen LogP contribution in [0.3, 0.4) is 0 Å². The lowest BCUT2D eigenvalue weighted by molar-refractivity contribution is -0.185. The number of alkyl halides is 3. The van der Waals surface area contributed by atoms with E-state index in [2.05, 4.69) is 5.32 Å². The Hall–Kier alpha value is -2.31. The third kappa shape index (κ3) is 2.39. The molecular weight excluding hydrogens is 323 g/mol. The molecule has 0 amide bonds. The number of hydrogen-bond acceptors (Lipinski definition) is 4. The summed E-state index contributed by atoms with van der Waals surface area (Å²) < 4.78 is 46.7. The minimum absolute atomic E-state index is 0.0726. The van der Waals surface area contributed by atoms with E-state index >= 15 is 0 Å². The number of ketones is 1. The highest BCUT2D eigenvalue weighted by molar-refractivity contribution is 6.11. The Kier molecular flexibility index (Phi) is 3.51. The van der Waals surface area contributed by atoms with Crippen LogP contribution in [0.5, 0.6) is 0 Å². The van der Waals surface area contributed by atoms with Gasteiger partial charge in [-0.2, -0.15) is 13.2 Å². The van der Waals surface area contributed by atoms with E-state index in [1.54, 1.807) is 19.9 Å². The molecule has 0 fully saturated rings. The predicted molar refractivity (Wildman–Crippen MR) is 80.0 cm³/mol. The molecule has 4 nitrogen and oxygen atoms in total. The summed E-state index contributed by atoms with van der Waals surface area (Å²) in [4.78, 5) is 24.7. The van der Waals surface area contributed by atoms with Crippen LogP contribution >= 0.6 is 0 Å². The van der Waals surface area contributed by atoms with Crippen LogP contribution in [0.2, 0.25) is 0 Å². The molecule has 0 bridgehead atoms. The van der Waals surface area contributed by atoms with Gasteiger partial charge < -0.3 is 10.1 Å². The van der Waals surface area contributed by atoms with E-state index in [1.165, 1.54) is 24.3 Å². The zero-order chi connectivity index (χ0) is 17.8. The number of rotatable bonds is 2. The quantitative estimate of drug-likeness (QED) is 0.837. The Labute approximate surface area is 136 Å². The lowest BCUT2D eigenvalue weighted by Gasteiger charge is -2.34. The van der Waals surface area contributed by atoms with Gasteiger partial charge in [0.15, 0.2) is 5.78 Å². The number of para-hydroxylation sites is 1. The molecule has 0 radical (unpaired) electrons. The van der Waals surface area contributed by atoms with Crippen LogP contribution in [-0.4, -0.2) is 23.5 Å². The molecule has 128 valence electrons. The van der Waals surface area contributed by atoms with Gasteiger partial charge in [0, 0.05) is 18.5 Å². The summed E-state index contributed by atoms with van der Waals surface area (Å²) in [5.41, 5.74) is -4.23. The van der Waals surface area contributed by atoms with Crippen LogP contribution in [-0.2, 0) is 14.3 Å². The average molecular weight is 339 g/mol. The van der Waals surface area contributed by atoms with Gasteiger partial charge >= 0.3 is 12.1 Å². The third-order valence-electron chi connectivity index (χ3n) is 4.26. The molecule has 0 saturated carbocycles. The zero-order valence-corrected chi connectivity index (χ0v) is 13.2. The fourth-order valence-electron chi connectivity index (χ4n) is 3.24. The predicted octanol–water partition coefficient (Wildman–Crippen LogP) is 3.60. The van der Waals surface area contributed by atoms with Crippen molar-refractivity contribution in [2.24, 2.45) is 5.41 Å². The van der Waals surface area contributed by atoms with Crippen molar-refractivity contribution in [2.75, 3.05) is 5.32 Å². The van der Waals surface area contributed by atoms with E-state index in [1.807, 2.05) is 0 Å². The number of Topliss-reactive ketones (excluding diaryl/α,β-unsaturated/α-hetero) is 1. The number of anilines is 1. The molecule has 1 aliphatic carbocycles. The SMILES string of the molecule is CC1(C)CC(=O)C2=C(C1)OC(=O)C2(Nc1ccccc1)C(F)(F)F. The monoisotopic (exact) mass is 339 g/mol. The van der Waals surface area contributed by atoms with Gasteiger partial charge in [-0.05, 0) is 17.5 Å². The maximum absolute atomic E-state index is 13.9. The number of esters is 1. The number of carbonyl (C=O) groups is 2. The molecule has 1 atom stereocenters. The second-order valence-corrected chi connectivity index (χ2v) is 6.87. The van der Waals surface area contributed by atoms with Gasteiger partial charge in [-0.3, -0.25) is 4.79 Å². The summed E-state index contributed by atoms with van der Waals surface area (Å²) in [5.74, 6) is -2.40. The molecule has 1 aromatic carbocycles. The highest BCUT2D eigenvalue weighted by Crippen LogP contribution is 2.51. The molecule has 7 heteroatoms.